The summed E-state index contributed by atoms with van der Waals surface area (Å²) in [6.45, 7) is 2.54. The Bertz CT molecular complexity index is 459. The van der Waals surface area contributed by atoms with Crippen molar-refractivity contribution in [1.82, 2.24) is 4.90 Å². The third kappa shape index (κ3) is 2.33. The van der Waals surface area contributed by atoms with Crippen LogP contribution in [-0.2, 0) is 11.3 Å². The van der Waals surface area contributed by atoms with E-state index in [-0.39, 0.29) is 23.8 Å². The van der Waals surface area contributed by atoms with Gasteiger partial charge in [-0.2, -0.15) is 0 Å². The smallest absolute Gasteiger partial charge is 0.134 e. The first-order valence-corrected chi connectivity index (χ1v) is 7.15. The summed E-state index contributed by atoms with van der Waals surface area (Å²) < 4.78 is 0. The molecule has 0 aliphatic carbocycles. The van der Waals surface area contributed by atoms with Crippen molar-refractivity contribution in [3.63, 3.8) is 0 Å². The van der Waals surface area contributed by atoms with Gasteiger partial charge in [0.15, 0.2) is 0 Å². The predicted molar refractivity (Wildman–Crippen MR) is 73.6 cm³/mol. The van der Waals surface area contributed by atoms with Gasteiger partial charge in [-0.25, -0.2) is 0 Å². The minimum atomic E-state index is -0.274. The van der Waals surface area contributed by atoms with Gasteiger partial charge in [-0.05, 0) is 31.7 Å². The van der Waals surface area contributed by atoms with E-state index in [9.17, 15) is 9.90 Å². The summed E-state index contributed by atoms with van der Waals surface area (Å²) in [7, 11) is 0. The van der Waals surface area contributed by atoms with E-state index < -0.39 is 0 Å². The second kappa shape index (κ2) is 5.06. The Hall–Kier alpha value is -1.19. The van der Waals surface area contributed by atoms with Gasteiger partial charge in [0.25, 0.3) is 0 Å². The fourth-order valence-corrected chi connectivity index (χ4v) is 3.77. The van der Waals surface area contributed by atoms with Gasteiger partial charge in [0.2, 0.25) is 0 Å². The molecular weight excluding hydrogens is 238 g/mol. The number of hydrogen-bond acceptors (Lipinski definition) is 3. The van der Waals surface area contributed by atoms with Crippen molar-refractivity contribution < 1.29 is 9.90 Å². The van der Waals surface area contributed by atoms with E-state index in [2.05, 4.69) is 17.0 Å². The number of nitrogens with zero attached hydrogens (tertiary/aromatic N) is 1. The highest BCUT2D eigenvalue weighted by atomic mass is 16.3. The number of fused-ring (bicyclic) bond motifs is 2. The van der Waals surface area contributed by atoms with E-state index in [1.807, 2.05) is 18.2 Å². The van der Waals surface area contributed by atoms with Gasteiger partial charge in [0.05, 0.1) is 6.10 Å². The van der Waals surface area contributed by atoms with Gasteiger partial charge in [0.1, 0.15) is 5.78 Å². The summed E-state index contributed by atoms with van der Waals surface area (Å²) in [4.78, 5) is 14.1. The highest BCUT2D eigenvalue weighted by Crippen LogP contribution is 2.41. The van der Waals surface area contributed by atoms with Crippen molar-refractivity contribution in [2.45, 2.75) is 50.9 Å². The van der Waals surface area contributed by atoms with Crippen LogP contribution >= 0.6 is 0 Å². The van der Waals surface area contributed by atoms with E-state index in [1.54, 1.807) is 6.92 Å². The Morgan fingerprint density at radius 2 is 2.00 bits per heavy atom. The molecule has 1 aromatic rings. The molecule has 1 N–H and O–H groups in total. The number of rotatable bonds is 3. The molecule has 19 heavy (non-hydrogen) atoms. The number of carbonyl (C=O) groups is 1. The first-order chi connectivity index (χ1) is 9.16. The van der Waals surface area contributed by atoms with Crippen molar-refractivity contribution in [1.29, 1.82) is 0 Å². The third-order valence-electron chi connectivity index (χ3n) is 4.74. The summed E-state index contributed by atoms with van der Waals surface area (Å²) >= 11 is 0. The Labute approximate surface area is 114 Å². The molecule has 0 aromatic heterocycles. The Kier molecular flexibility index (Phi) is 3.42. The summed E-state index contributed by atoms with van der Waals surface area (Å²) in [5, 5.41) is 10.2. The van der Waals surface area contributed by atoms with Crippen LogP contribution in [0, 0.1) is 5.92 Å². The fraction of sp³-hybridized carbons (Fsp3) is 0.562. The fourth-order valence-electron chi connectivity index (χ4n) is 3.77. The molecule has 4 atom stereocenters. The molecule has 2 aliphatic rings. The Morgan fingerprint density at radius 1 is 1.26 bits per heavy atom. The molecule has 3 nitrogen and oxygen atoms in total. The molecule has 0 radical (unpaired) electrons. The van der Waals surface area contributed by atoms with Gasteiger partial charge >= 0.3 is 0 Å². The van der Waals surface area contributed by atoms with Gasteiger partial charge in [-0.15, -0.1) is 0 Å². The number of piperidine rings is 1. The summed E-state index contributed by atoms with van der Waals surface area (Å²) in [6, 6.07) is 10.8. The molecule has 102 valence electrons. The molecule has 3 rings (SSSR count). The third-order valence-corrected chi connectivity index (χ3v) is 4.74. The van der Waals surface area contributed by atoms with Crippen LogP contribution in [0.25, 0.3) is 0 Å². The minimum Gasteiger partial charge on any atom is -0.391 e. The highest BCUT2D eigenvalue weighted by Gasteiger charge is 2.48. The van der Waals surface area contributed by atoms with Crippen LogP contribution < -0.4 is 0 Å². The molecule has 2 aliphatic heterocycles. The summed E-state index contributed by atoms with van der Waals surface area (Å²) in [6.07, 6.45) is 2.33. The zero-order valence-corrected chi connectivity index (χ0v) is 11.3. The molecule has 0 unspecified atom stereocenters. The number of Topliss-reactive ketones (excluding diaryl/α,β-unsaturated/α-hetero) is 1. The number of aliphatic hydroxyl groups excluding tert-OH is 1. The lowest BCUT2D eigenvalue weighted by Crippen LogP contribution is -2.47. The lowest BCUT2D eigenvalue weighted by Gasteiger charge is -2.38. The molecule has 3 heteroatoms. The van der Waals surface area contributed by atoms with Crippen molar-refractivity contribution in [3.8, 4) is 0 Å². The van der Waals surface area contributed by atoms with E-state index in [0.29, 0.717) is 6.04 Å². The van der Waals surface area contributed by atoms with Gasteiger partial charge < -0.3 is 5.11 Å². The van der Waals surface area contributed by atoms with E-state index in [1.165, 1.54) is 5.56 Å². The zero-order valence-electron chi connectivity index (χ0n) is 11.3. The molecule has 1 aromatic carbocycles. The molecule has 2 heterocycles. The van der Waals surface area contributed by atoms with Crippen LogP contribution in [0.3, 0.4) is 0 Å². The molecule has 2 fully saturated rings. The highest BCUT2D eigenvalue weighted by molar-refractivity contribution is 5.79. The van der Waals surface area contributed by atoms with Crippen LogP contribution in [0.5, 0.6) is 0 Å². The lowest BCUT2D eigenvalue weighted by molar-refractivity contribution is -0.121. The number of carbonyl (C=O) groups excluding carboxylic acids is 1. The van der Waals surface area contributed by atoms with Crippen molar-refractivity contribution >= 4 is 5.78 Å². The van der Waals surface area contributed by atoms with Crippen LogP contribution in [0.2, 0.25) is 0 Å². The number of ketones is 1. The number of aliphatic hydroxyl groups is 1. The van der Waals surface area contributed by atoms with Crippen LogP contribution in [0.4, 0.5) is 0 Å². The SMILES string of the molecule is CC(=O)[C@H]1C[C@@H]2[C@H](O)CC[C@H]1N2Cc1ccccc1. The average molecular weight is 259 g/mol. The first kappa shape index (κ1) is 12.8. The van der Waals surface area contributed by atoms with Crippen LogP contribution in [-0.4, -0.2) is 34.0 Å². The quantitative estimate of drug-likeness (QED) is 0.902. The topological polar surface area (TPSA) is 40.5 Å². The van der Waals surface area contributed by atoms with Crippen molar-refractivity contribution in [2.24, 2.45) is 5.92 Å². The van der Waals surface area contributed by atoms with Crippen LogP contribution in [0.1, 0.15) is 31.7 Å². The molecule has 2 bridgehead atoms. The standard InChI is InChI=1S/C16H21NO2/c1-11(18)13-9-15-16(19)8-7-14(13)17(15)10-12-5-3-2-4-6-12/h2-6,13-16,19H,7-10H2,1H3/t13-,14-,15-,16-/m1/s1. The van der Waals surface area contributed by atoms with Crippen molar-refractivity contribution in [2.75, 3.05) is 0 Å². The van der Waals surface area contributed by atoms with Gasteiger partial charge in [0, 0.05) is 24.5 Å². The van der Waals surface area contributed by atoms with Crippen molar-refractivity contribution in [3.05, 3.63) is 35.9 Å². The van der Waals surface area contributed by atoms with E-state index >= 15 is 0 Å². The van der Waals surface area contributed by atoms with Gasteiger partial charge in [-0.1, -0.05) is 30.3 Å². The number of hydrogen-bond donors (Lipinski definition) is 1. The summed E-state index contributed by atoms with van der Waals surface area (Å²) in [5.74, 6) is 0.394. The van der Waals surface area contributed by atoms with E-state index in [4.69, 9.17) is 0 Å². The number of benzene rings is 1. The second-order valence-electron chi connectivity index (χ2n) is 5.89. The molecule has 2 saturated heterocycles. The zero-order chi connectivity index (χ0) is 13.4. The Morgan fingerprint density at radius 3 is 2.68 bits per heavy atom. The molecule has 0 spiro atoms. The summed E-state index contributed by atoms with van der Waals surface area (Å²) in [5.41, 5.74) is 1.26. The molecule has 0 amide bonds. The maximum absolute atomic E-state index is 11.8. The Balaban J connectivity index is 1.82. The largest absolute Gasteiger partial charge is 0.391 e. The predicted octanol–water partition coefficient (Wildman–Crippen LogP) is 1.99. The maximum atomic E-state index is 11.8. The van der Waals surface area contributed by atoms with E-state index in [0.717, 1.165) is 25.8 Å². The van der Waals surface area contributed by atoms with Gasteiger partial charge in [-0.3, -0.25) is 9.69 Å². The minimum absolute atomic E-state index is 0.117. The maximum Gasteiger partial charge on any atom is 0.134 e. The lowest BCUT2D eigenvalue weighted by atomic mass is 9.94. The van der Waals surface area contributed by atoms with Crippen LogP contribution in [0.15, 0.2) is 30.3 Å². The average Bonchev–Trinajstić information content (AvgIpc) is 2.66. The monoisotopic (exact) mass is 259 g/mol. The normalized spacial score (nSPS) is 34.4. The first-order valence-electron chi connectivity index (χ1n) is 7.15. The molecular formula is C16H21NO2. The molecule has 0 saturated carbocycles. The second-order valence-corrected chi connectivity index (χ2v) is 5.89.